The average molecular weight is 467 g/mol. The summed E-state index contributed by atoms with van der Waals surface area (Å²) in [5.74, 6) is 1.70. The maximum atomic E-state index is 13.4. The predicted molar refractivity (Wildman–Crippen MR) is 138 cm³/mol. The lowest BCUT2D eigenvalue weighted by atomic mass is 9.95. The molecule has 0 aromatic heterocycles. The molecule has 0 bridgehead atoms. The first kappa shape index (κ1) is 25.4. The van der Waals surface area contributed by atoms with E-state index in [-0.39, 0.29) is 17.9 Å². The summed E-state index contributed by atoms with van der Waals surface area (Å²) in [7, 11) is 0. The molecule has 2 aromatic carbocycles. The fourth-order valence-electron chi connectivity index (χ4n) is 4.42. The second-order valence-electron chi connectivity index (χ2n) is 9.06. The number of thioether (sulfide) groups is 1. The number of nitrogens with one attached hydrogen (secondary N) is 1. The summed E-state index contributed by atoms with van der Waals surface area (Å²) in [6, 6.07) is 18.4. The van der Waals surface area contributed by atoms with Gasteiger partial charge in [-0.3, -0.25) is 9.59 Å². The lowest BCUT2D eigenvalue weighted by Crippen LogP contribution is -2.51. The first-order valence-corrected chi connectivity index (χ1v) is 13.5. The van der Waals surface area contributed by atoms with Gasteiger partial charge in [-0.15, -0.1) is 0 Å². The minimum absolute atomic E-state index is 0.00167. The Morgan fingerprint density at radius 2 is 1.70 bits per heavy atom. The van der Waals surface area contributed by atoms with Crippen LogP contribution < -0.4 is 5.32 Å². The summed E-state index contributed by atoms with van der Waals surface area (Å²) in [5.41, 5.74) is 3.52. The molecule has 0 unspecified atom stereocenters. The van der Waals surface area contributed by atoms with Crippen LogP contribution in [0.25, 0.3) is 0 Å². The molecule has 0 aliphatic heterocycles. The number of amides is 2. The highest BCUT2D eigenvalue weighted by Gasteiger charge is 2.30. The first-order valence-electron chi connectivity index (χ1n) is 12.3. The van der Waals surface area contributed by atoms with Gasteiger partial charge in [0.05, 0.1) is 0 Å². The van der Waals surface area contributed by atoms with Crippen LogP contribution in [0.4, 0.5) is 0 Å². The van der Waals surface area contributed by atoms with Crippen molar-refractivity contribution >= 4 is 23.6 Å². The molecule has 5 heteroatoms. The van der Waals surface area contributed by atoms with Crippen molar-refractivity contribution in [1.82, 2.24) is 10.2 Å². The van der Waals surface area contributed by atoms with Gasteiger partial charge in [0.2, 0.25) is 11.8 Å². The second kappa shape index (κ2) is 13.4. The lowest BCUT2D eigenvalue weighted by Gasteiger charge is -2.33. The van der Waals surface area contributed by atoms with Crippen molar-refractivity contribution < 1.29 is 9.59 Å². The fraction of sp³-hybridized carbons (Fsp3) is 0.500. The summed E-state index contributed by atoms with van der Waals surface area (Å²) in [6.07, 6.45) is 6.75. The van der Waals surface area contributed by atoms with Crippen molar-refractivity contribution in [2.45, 2.75) is 83.2 Å². The molecule has 33 heavy (non-hydrogen) atoms. The van der Waals surface area contributed by atoms with E-state index in [1.807, 2.05) is 30.0 Å². The number of benzene rings is 2. The smallest absolute Gasteiger partial charge is 0.243 e. The summed E-state index contributed by atoms with van der Waals surface area (Å²) >= 11 is 1.77. The number of carbonyl (C=O) groups excluding carboxylic acids is 2. The van der Waals surface area contributed by atoms with Crippen LogP contribution in [-0.2, 0) is 21.9 Å². The van der Waals surface area contributed by atoms with E-state index in [1.165, 1.54) is 30.4 Å². The molecular formula is C28H38N2O2S. The van der Waals surface area contributed by atoms with E-state index in [2.05, 4.69) is 48.6 Å². The van der Waals surface area contributed by atoms with Crippen molar-refractivity contribution in [1.29, 1.82) is 0 Å². The quantitative estimate of drug-likeness (QED) is 0.421. The normalized spacial score (nSPS) is 15.1. The summed E-state index contributed by atoms with van der Waals surface area (Å²) in [5, 5.41) is 3.25. The molecule has 2 amide bonds. The van der Waals surface area contributed by atoms with Crippen LogP contribution in [0.1, 0.15) is 68.6 Å². The van der Waals surface area contributed by atoms with E-state index in [9.17, 15) is 9.59 Å². The Labute approximate surface area is 203 Å². The first-order chi connectivity index (χ1) is 16.1. The zero-order valence-corrected chi connectivity index (χ0v) is 20.9. The van der Waals surface area contributed by atoms with Crippen molar-refractivity contribution in [3.63, 3.8) is 0 Å². The highest BCUT2D eigenvalue weighted by Crippen LogP contribution is 2.20. The van der Waals surface area contributed by atoms with Crippen LogP contribution in [0.2, 0.25) is 0 Å². The fourth-order valence-corrected chi connectivity index (χ4v) is 5.31. The van der Waals surface area contributed by atoms with Crippen molar-refractivity contribution in [2.75, 3.05) is 5.75 Å². The van der Waals surface area contributed by atoms with Crippen LogP contribution >= 0.6 is 11.8 Å². The SMILES string of the molecule is CC[C@@H](C(=O)NC1CCCCC1)N(Cc1ccc(C)cc1)C(=O)CCSCc1ccccc1. The number of rotatable bonds is 11. The van der Waals surface area contributed by atoms with E-state index in [0.29, 0.717) is 19.4 Å². The monoisotopic (exact) mass is 466 g/mol. The third-order valence-corrected chi connectivity index (χ3v) is 7.41. The number of nitrogens with zero attached hydrogens (tertiary/aromatic N) is 1. The topological polar surface area (TPSA) is 49.4 Å². The Kier molecular flexibility index (Phi) is 10.3. The van der Waals surface area contributed by atoms with E-state index in [0.717, 1.165) is 29.9 Å². The van der Waals surface area contributed by atoms with Crippen LogP contribution in [0, 0.1) is 6.92 Å². The van der Waals surface area contributed by atoms with Gasteiger partial charge < -0.3 is 10.2 Å². The highest BCUT2D eigenvalue weighted by molar-refractivity contribution is 7.98. The van der Waals surface area contributed by atoms with Gasteiger partial charge in [-0.25, -0.2) is 0 Å². The van der Waals surface area contributed by atoms with E-state index in [4.69, 9.17) is 0 Å². The van der Waals surface area contributed by atoms with Crippen LogP contribution in [0.5, 0.6) is 0 Å². The molecule has 0 radical (unpaired) electrons. The van der Waals surface area contributed by atoms with Crippen molar-refractivity contribution in [2.24, 2.45) is 0 Å². The van der Waals surface area contributed by atoms with Crippen LogP contribution in [0.3, 0.4) is 0 Å². The summed E-state index contributed by atoms with van der Waals surface area (Å²) in [6.45, 7) is 4.53. The van der Waals surface area contributed by atoms with Gasteiger partial charge in [-0.05, 0) is 37.3 Å². The second-order valence-corrected chi connectivity index (χ2v) is 10.2. The maximum Gasteiger partial charge on any atom is 0.243 e. The number of hydrogen-bond acceptors (Lipinski definition) is 3. The highest BCUT2D eigenvalue weighted by atomic mass is 32.2. The van der Waals surface area contributed by atoms with Gasteiger partial charge in [-0.1, -0.05) is 86.3 Å². The number of hydrogen-bond donors (Lipinski definition) is 1. The lowest BCUT2D eigenvalue weighted by molar-refractivity contribution is -0.141. The van der Waals surface area contributed by atoms with E-state index >= 15 is 0 Å². The van der Waals surface area contributed by atoms with Crippen LogP contribution in [-0.4, -0.2) is 34.6 Å². The molecule has 1 aliphatic rings. The molecule has 2 aromatic rings. The third kappa shape index (κ3) is 8.22. The van der Waals surface area contributed by atoms with Gasteiger partial charge in [0.1, 0.15) is 6.04 Å². The summed E-state index contributed by atoms with van der Waals surface area (Å²) < 4.78 is 0. The molecule has 4 nitrogen and oxygen atoms in total. The van der Waals surface area contributed by atoms with Gasteiger partial charge in [-0.2, -0.15) is 11.8 Å². The third-order valence-electron chi connectivity index (χ3n) is 6.38. The molecule has 1 N–H and O–H groups in total. The number of carbonyl (C=O) groups is 2. The average Bonchev–Trinajstić information content (AvgIpc) is 2.84. The Morgan fingerprint density at radius 3 is 2.36 bits per heavy atom. The Morgan fingerprint density at radius 1 is 1.00 bits per heavy atom. The van der Waals surface area contributed by atoms with Gasteiger partial charge in [0.15, 0.2) is 0 Å². The van der Waals surface area contributed by atoms with Crippen molar-refractivity contribution in [3.8, 4) is 0 Å². The Balaban J connectivity index is 1.64. The summed E-state index contributed by atoms with van der Waals surface area (Å²) in [4.78, 5) is 28.4. The van der Waals surface area contributed by atoms with E-state index < -0.39 is 6.04 Å². The predicted octanol–water partition coefficient (Wildman–Crippen LogP) is 5.87. The molecule has 0 saturated heterocycles. The van der Waals surface area contributed by atoms with E-state index in [1.54, 1.807) is 11.8 Å². The Bertz CT molecular complexity index is 863. The van der Waals surface area contributed by atoms with Gasteiger partial charge in [0.25, 0.3) is 0 Å². The largest absolute Gasteiger partial charge is 0.352 e. The molecule has 178 valence electrons. The molecule has 0 spiro atoms. The minimum atomic E-state index is -0.431. The molecule has 1 fully saturated rings. The number of aryl methyl sites for hydroxylation is 1. The zero-order chi connectivity index (χ0) is 23.5. The molecule has 1 aliphatic carbocycles. The molecule has 0 heterocycles. The van der Waals surface area contributed by atoms with Gasteiger partial charge in [0, 0.05) is 30.5 Å². The molecule has 1 atom stereocenters. The van der Waals surface area contributed by atoms with Gasteiger partial charge >= 0.3 is 0 Å². The Hall–Kier alpha value is -2.27. The minimum Gasteiger partial charge on any atom is -0.352 e. The molecule has 1 saturated carbocycles. The standard InChI is InChI=1S/C28H38N2O2S/c1-3-26(28(32)29-25-12-8-5-9-13-25)30(20-23-16-14-22(2)15-17-23)27(31)18-19-33-21-24-10-6-4-7-11-24/h4,6-7,10-11,14-17,25-26H,3,5,8-9,12-13,18-21H2,1-2H3,(H,29,32)/t26-/m0/s1. The van der Waals surface area contributed by atoms with Crippen molar-refractivity contribution in [3.05, 3.63) is 71.3 Å². The zero-order valence-electron chi connectivity index (χ0n) is 20.1. The molecule has 3 rings (SSSR count). The molecular weight excluding hydrogens is 428 g/mol. The van der Waals surface area contributed by atoms with Crippen LogP contribution in [0.15, 0.2) is 54.6 Å². The maximum absolute atomic E-state index is 13.4.